The maximum atomic E-state index is 12.1. The molecule has 7 heteroatoms. The highest BCUT2D eigenvalue weighted by molar-refractivity contribution is 7.16. The van der Waals surface area contributed by atoms with E-state index in [1.54, 1.807) is 12.3 Å². The van der Waals surface area contributed by atoms with Crippen molar-refractivity contribution in [2.24, 2.45) is 0 Å². The van der Waals surface area contributed by atoms with Crippen LogP contribution in [0.2, 0.25) is 0 Å². The highest BCUT2D eigenvalue weighted by Crippen LogP contribution is 2.23. The van der Waals surface area contributed by atoms with Gasteiger partial charge in [0.25, 0.3) is 5.91 Å². The minimum absolute atomic E-state index is 0.378. The number of unbranched alkanes of at least 4 members (excludes halogenated alkanes) is 1. The number of thiazole rings is 1. The fourth-order valence-electron chi connectivity index (χ4n) is 1.88. The Labute approximate surface area is 132 Å². The van der Waals surface area contributed by atoms with E-state index in [0.717, 1.165) is 12.8 Å². The molecule has 0 aliphatic rings. The Morgan fingerprint density at radius 1 is 1.36 bits per heavy atom. The summed E-state index contributed by atoms with van der Waals surface area (Å²) in [5.74, 6) is -1.43. The monoisotopic (exact) mass is 319 g/mol. The van der Waals surface area contributed by atoms with Gasteiger partial charge >= 0.3 is 5.97 Å². The lowest BCUT2D eigenvalue weighted by Gasteiger charge is -2.12. The Hall–Kier alpha value is -2.28. The van der Waals surface area contributed by atoms with E-state index in [2.05, 4.69) is 15.3 Å². The van der Waals surface area contributed by atoms with Crippen molar-refractivity contribution < 1.29 is 14.7 Å². The molecule has 0 fully saturated rings. The van der Waals surface area contributed by atoms with Crippen molar-refractivity contribution in [1.29, 1.82) is 0 Å². The van der Waals surface area contributed by atoms with Crippen molar-refractivity contribution in [2.45, 2.75) is 32.2 Å². The molecule has 1 atom stereocenters. The molecule has 2 rings (SSSR count). The highest BCUT2D eigenvalue weighted by Gasteiger charge is 2.21. The molecule has 0 aliphatic heterocycles. The zero-order valence-corrected chi connectivity index (χ0v) is 13.0. The Bertz CT molecular complexity index is 642. The number of hydrogen-bond donors (Lipinski definition) is 2. The Kier molecular flexibility index (Phi) is 5.60. The van der Waals surface area contributed by atoms with E-state index in [1.807, 2.05) is 19.1 Å². The second-order valence-electron chi connectivity index (χ2n) is 4.75. The van der Waals surface area contributed by atoms with E-state index in [0.29, 0.717) is 22.0 Å². The number of pyridine rings is 1. The quantitative estimate of drug-likeness (QED) is 0.818. The van der Waals surface area contributed by atoms with Gasteiger partial charge in [-0.1, -0.05) is 25.8 Å². The summed E-state index contributed by atoms with van der Waals surface area (Å²) in [6.07, 6.45) is 5.15. The summed E-state index contributed by atoms with van der Waals surface area (Å²) in [5.41, 5.74) is 0.687. The number of carbonyl (C=O) groups excluding carboxylic acids is 1. The van der Waals surface area contributed by atoms with Crippen LogP contribution in [-0.4, -0.2) is 33.0 Å². The number of aliphatic carboxylic acids is 1. The summed E-state index contributed by atoms with van der Waals surface area (Å²) in [4.78, 5) is 32.0. The first-order valence-corrected chi connectivity index (χ1v) is 7.84. The minimum atomic E-state index is -1.02. The van der Waals surface area contributed by atoms with Crippen molar-refractivity contribution in [3.8, 4) is 10.7 Å². The van der Waals surface area contributed by atoms with Crippen molar-refractivity contribution in [3.05, 3.63) is 35.5 Å². The number of carboxylic acid groups (broad SMARTS) is 1. The SMILES string of the molecule is CCCCC(NC(=O)c1cnc(-c2ccccn2)s1)C(=O)O. The lowest BCUT2D eigenvalue weighted by Crippen LogP contribution is -2.40. The first kappa shape index (κ1) is 16.1. The maximum absolute atomic E-state index is 12.1. The Morgan fingerprint density at radius 3 is 2.82 bits per heavy atom. The summed E-state index contributed by atoms with van der Waals surface area (Å²) >= 11 is 1.19. The molecule has 0 saturated heterocycles. The summed E-state index contributed by atoms with van der Waals surface area (Å²) in [6.45, 7) is 1.98. The van der Waals surface area contributed by atoms with Crippen LogP contribution in [0.5, 0.6) is 0 Å². The van der Waals surface area contributed by atoms with Gasteiger partial charge in [0.15, 0.2) is 0 Å². The van der Waals surface area contributed by atoms with Crippen molar-refractivity contribution in [3.63, 3.8) is 0 Å². The summed E-state index contributed by atoms with van der Waals surface area (Å²) in [7, 11) is 0. The average molecular weight is 319 g/mol. The second-order valence-corrected chi connectivity index (χ2v) is 5.78. The minimum Gasteiger partial charge on any atom is -0.480 e. The largest absolute Gasteiger partial charge is 0.480 e. The first-order valence-electron chi connectivity index (χ1n) is 7.02. The number of rotatable bonds is 7. The number of carboxylic acids is 1. The molecule has 2 heterocycles. The van der Waals surface area contributed by atoms with Crippen molar-refractivity contribution >= 4 is 23.2 Å². The van der Waals surface area contributed by atoms with E-state index in [1.165, 1.54) is 17.5 Å². The number of hydrogen-bond acceptors (Lipinski definition) is 5. The Morgan fingerprint density at radius 2 is 2.18 bits per heavy atom. The number of nitrogens with zero attached hydrogens (tertiary/aromatic N) is 2. The highest BCUT2D eigenvalue weighted by atomic mass is 32.1. The molecule has 2 N–H and O–H groups in total. The van der Waals surface area contributed by atoms with Crippen LogP contribution in [0, 0.1) is 0 Å². The summed E-state index contributed by atoms with van der Waals surface area (Å²) in [6, 6.07) is 4.58. The molecule has 6 nitrogen and oxygen atoms in total. The van der Waals surface area contributed by atoms with Gasteiger partial charge in [0, 0.05) is 6.20 Å². The zero-order valence-electron chi connectivity index (χ0n) is 12.2. The molecule has 0 spiro atoms. The lowest BCUT2D eigenvalue weighted by molar-refractivity contribution is -0.139. The molecule has 0 bridgehead atoms. The van der Waals surface area contributed by atoms with E-state index in [9.17, 15) is 9.59 Å². The summed E-state index contributed by atoms with van der Waals surface area (Å²) in [5, 5.41) is 12.3. The molecule has 0 aromatic carbocycles. The van der Waals surface area contributed by atoms with Crippen LogP contribution in [0.25, 0.3) is 10.7 Å². The van der Waals surface area contributed by atoms with Gasteiger partial charge in [-0.2, -0.15) is 0 Å². The number of nitrogens with one attached hydrogen (secondary N) is 1. The average Bonchev–Trinajstić information content (AvgIpc) is 3.02. The smallest absolute Gasteiger partial charge is 0.326 e. The molecule has 116 valence electrons. The Balaban J connectivity index is 2.06. The van der Waals surface area contributed by atoms with E-state index in [-0.39, 0.29) is 0 Å². The van der Waals surface area contributed by atoms with Crippen LogP contribution < -0.4 is 5.32 Å². The number of aromatic nitrogens is 2. The fourth-order valence-corrected chi connectivity index (χ4v) is 2.68. The molecular weight excluding hydrogens is 302 g/mol. The topological polar surface area (TPSA) is 92.2 Å². The van der Waals surface area contributed by atoms with Gasteiger partial charge in [-0.05, 0) is 18.6 Å². The van der Waals surface area contributed by atoms with E-state index >= 15 is 0 Å². The molecule has 0 aliphatic carbocycles. The molecule has 1 unspecified atom stereocenters. The van der Waals surface area contributed by atoms with Crippen molar-refractivity contribution in [1.82, 2.24) is 15.3 Å². The molecular formula is C15H17N3O3S. The molecule has 2 aromatic heterocycles. The third kappa shape index (κ3) is 4.11. The van der Waals surface area contributed by atoms with E-state index < -0.39 is 17.9 Å². The molecule has 2 aromatic rings. The first-order chi connectivity index (χ1) is 10.6. The van der Waals surface area contributed by atoms with Gasteiger partial charge in [-0.25, -0.2) is 9.78 Å². The molecule has 0 saturated carbocycles. The summed E-state index contributed by atoms with van der Waals surface area (Å²) < 4.78 is 0. The van der Waals surface area contributed by atoms with Crippen LogP contribution in [0.4, 0.5) is 0 Å². The third-order valence-corrected chi connectivity index (χ3v) is 4.08. The second kappa shape index (κ2) is 7.65. The molecule has 0 radical (unpaired) electrons. The fraction of sp³-hybridized carbons (Fsp3) is 0.333. The van der Waals surface area contributed by atoms with Gasteiger partial charge in [0.2, 0.25) is 0 Å². The molecule has 22 heavy (non-hydrogen) atoms. The van der Waals surface area contributed by atoms with Crippen LogP contribution in [0.15, 0.2) is 30.6 Å². The lowest BCUT2D eigenvalue weighted by atomic mass is 10.1. The normalized spacial score (nSPS) is 11.9. The zero-order chi connectivity index (χ0) is 15.9. The van der Waals surface area contributed by atoms with Crippen LogP contribution in [0.1, 0.15) is 35.9 Å². The number of amides is 1. The van der Waals surface area contributed by atoms with Crippen molar-refractivity contribution in [2.75, 3.05) is 0 Å². The van der Waals surface area contributed by atoms with Crippen LogP contribution >= 0.6 is 11.3 Å². The van der Waals surface area contributed by atoms with Gasteiger partial charge in [0.1, 0.15) is 15.9 Å². The van der Waals surface area contributed by atoms with Gasteiger partial charge in [-0.3, -0.25) is 9.78 Å². The standard InChI is InChI=1S/C15H17N3O3S/c1-2-3-6-11(15(20)21)18-13(19)12-9-17-14(22-12)10-7-4-5-8-16-10/h4-5,7-9,11H,2-3,6H2,1H3,(H,18,19)(H,20,21). The van der Waals surface area contributed by atoms with Gasteiger partial charge < -0.3 is 10.4 Å². The van der Waals surface area contributed by atoms with Crippen LogP contribution in [0.3, 0.4) is 0 Å². The van der Waals surface area contributed by atoms with Gasteiger partial charge in [-0.15, -0.1) is 11.3 Å². The maximum Gasteiger partial charge on any atom is 0.326 e. The van der Waals surface area contributed by atoms with Gasteiger partial charge in [0.05, 0.1) is 11.9 Å². The molecule has 1 amide bonds. The number of carbonyl (C=O) groups is 2. The van der Waals surface area contributed by atoms with Crippen LogP contribution in [-0.2, 0) is 4.79 Å². The van der Waals surface area contributed by atoms with E-state index in [4.69, 9.17) is 5.11 Å². The third-order valence-electron chi connectivity index (χ3n) is 3.06. The predicted octanol–water partition coefficient (Wildman–Crippen LogP) is 2.58. The predicted molar refractivity (Wildman–Crippen MR) is 83.8 cm³/mol.